The van der Waals surface area contributed by atoms with Gasteiger partial charge in [-0.3, -0.25) is 9.69 Å². The first kappa shape index (κ1) is 40.7. The Kier molecular flexibility index (Phi) is 16.9. The molecular weight excluding hydrogens is 568 g/mol. The second-order valence-electron chi connectivity index (χ2n) is 15.0. The molecule has 8 heteroatoms. The number of amides is 2. The molecule has 1 aromatic rings. The van der Waals surface area contributed by atoms with Crippen LogP contribution in [0.2, 0.25) is 0 Å². The number of carbonyl (C=O) groups is 2. The lowest BCUT2D eigenvalue weighted by atomic mass is 9.82. The van der Waals surface area contributed by atoms with Gasteiger partial charge in [-0.1, -0.05) is 66.5 Å². The van der Waals surface area contributed by atoms with Gasteiger partial charge in [-0.2, -0.15) is 0 Å². The zero-order chi connectivity index (χ0) is 34.4. The van der Waals surface area contributed by atoms with Crippen molar-refractivity contribution in [3.8, 4) is 5.75 Å². The van der Waals surface area contributed by atoms with Gasteiger partial charge in [0, 0.05) is 38.1 Å². The summed E-state index contributed by atoms with van der Waals surface area (Å²) in [6.07, 6.45) is 5.90. The number of hydrogen-bond acceptors (Lipinski definition) is 6. The fraction of sp³-hybridized carbons (Fsp3) is 0.784. The molecule has 0 aliphatic heterocycles. The molecule has 0 unspecified atom stereocenters. The Bertz CT molecular complexity index is 1020. The third-order valence-corrected chi connectivity index (χ3v) is 8.36. The summed E-state index contributed by atoms with van der Waals surface area (Å²) in [5.41, 5.74) is -0.317. The summed E-state index contributed by atoms with van der Waals surface area (Å²) in [6, 6.07) is 6.10. The van der Waals surface area contributed by atoms with Crippen molar-refractivity contribution in [2.24, 2.45) is 17.3 Å². The zero-order valence-electron chi connectivity index (χ0n) is 30.7. The highest BCUT2D eigenvalue weighted by atomic mass is 16.6. The Balaban J connectivity index is 3.34. The predicted molar refractivity (Wildman–Crippen MR) is 184 cm³/mol. The number of carbonyl (C=O) groups excluding carboxylic acids is 2. The van der Waals surface area contributed by atoms with Crippen LogP contribution in [-0.2, 0) is 27.1 Å². The minimum Gasteiger partial charge on any atom is -0.493 e. The molecule has 0 bridgehead atoms. The fourth-order valence-electron chi connectivity index (χ4n) is 5.59. The number of ether oxygens (including phenoxy) is 3. The number of benzene rings is 1. The number of rotatable bonds is 20. The minimum absolute atomic E-state index is 0.0104. The van der Waals surface area contributed by atoms with Crippen LogP contribution in [0.3, 0.4) is 0 Å². The molecule has 0 fully saturated rings. The van der Waals surface area contributed by atoms with E-state index in [1.165, 1.54) is 16.0 Å². The molecule has 45 heavy (non-hydrogen) atoms. The fourth-order valence-corrected chi connectivity index (χ4v) is 5.59. The molecule has 8 nitrogen and oxygen atoms in total. The van der Waals surface area contributed by atoms with Gasteiger partial charge in [0.15, 0.2) is 0 Å². The van der Waals surface area contributed by atoms with Crippen LogP contribution >= 0.6 is 0 Å². The van der Waals surface area contributed by atoms with Gasteiger partial charge in [-0.25, -0.2) is 4.79 Å². The Morgan fingerprint density at radius 2 is 1.67 bits per heavy atom. The summed E-state index contributed by atoms with van der Waals surface area (Å²) in [6.45, 7) is 23.0. The number of nitrogens with zero attached hydrogens (tertiary/aromatic N) is 1. The Morgan fingerprint density at radius 3 is 2.20 bits per heavy atom. The van der Waals surface area contributed by atoms with Crippen molar-refractivity contribution in [1.82, 2.24) is 10.2 Å². The summed E-state index contributed by atoms with van der Waals surface area (Å²) < 4.78 is 17.1. The first-order chi connectivity index (χ1) is 20.9. The van der Waals surface area contributed by atoms with Crippen LogP contribution in [0.5, 0.6) is 5.75 Å². The summed E-state index contributed by atoms with van der Waals surface area (Å²) in [7, 11) is 1.70. The van der Waals surface area contributed by atoms with E-state index in [9.17, 15) is 14.7 Å². The smallest absolute Gasteiger partial charge is 0.412 e. The number of nitrogens with one attached hydrogen (secondary N) is 1. The van der Waals surface area contributed by atoms with Crippen LogP contribution in [0.25, 0.3) is 0 Å². The molecule has 1 rings (SSSR count). The summed E-state index contributed by atoms with van der Waals surface area (Å²) in [5, 5.41) is 14.5. The van der Waals surface area contributed by atoms with E-state index < -0.39 is 22.8 Å². The van der Waals surface area contributed by atoms with Crippen molar-refractivity contribution in [2.75, 3.05) is 26.9 Å². The standard InChI is InChI=1S/C37H66N2O6/c1-13-15-20-36(8,9)33(40)38-21-19-31(39(37(10,11)42)34(41)45-35(5,6)7)26-30(27(3)4)24-28-17-18-29(14-2)32(25-28)44-23-16-22-43-12/h17-18,25,27,30-31,42H,13-16,19-24,26H2,1-12H3,(H,38,40)/t30-,31+/m0/s1. The molecule has 0 saturated carbocycles. The van der Waals surface area contributed by atoms with E-state index in [-0.39, 0.29) is 17.9 Å². The Hall–Kier alpha value is -2.32. The molecule has 1 aromatic carbocycles. The van der Waals surface area contributed by atoms with Crippen molar-refractivity contribution >= 4 is 12.0 Å². The molecular formula is C37H66N2O6. The average molecular weight is 635 g/mol. The maximum Gasteiger partial charge on any atom is 0.412 e. The average Bonchev–Trinajstić information content (AvgIpc) is 2.92. The van der Waals surface area contributed by atoms with Gasteiger partial charge in [-0.05, 0) is 95.8 Å². The topological polar surface area (TPSA) is 97.3 Å². The summed E-state index contributed by atoms with van der Waals surface area (Å²) >= 11 is 0. The molecule has 0 radical (unpaired) electrons. The monoisotopic (exact) mass is 634 g/mol. The molecule has 0 spiro atoms. The van der Waals surface area contributed by atoms with E-state index in [0.717, 1.165) is 44.3 Å². The van der Waals surface area contributed by atoms with Crippen LogP contribution in [0.15, 0.2) is 18.2 Å². The number of aryl methyl sites for hydroxylation is 1. The van der Waals surface area contributed by atoms with Crippen molar-refractivity contribution in [1.29, 1.82) is 0 Å². The minimum atomic E-state index is -1.47. The summed E-state index contributed by atoms with van der Waals surface area (Å²) in [4.78, 5) is 28.2. The van der Waals surface area contributed by atoms with Gasteiger partial charge in [-0.15, -0.1) is 0 Å². The number of hydrogen-bond donors (Lipinski definition) is 2. The maximum absolute atomic E-state index is 13.6. The first-order valence-electron chi connectivity index (χ1n) is 17.1. The van der Waals surface area contributed by atoms with E-state index in [2.05, 4.69) is 51.2 Å². The molecule has 2 amide bonds. The quantitative estimate of drug-likeness (QED) is 0.112. The van der Waals surface area contributed by atoms with E-state index in [4.69, 9.17) is 14.2 Å². The van der Waals surface area contributed by atoms with Gasteiger partial charge in [0.2, 0.25) is 5.91 Å². The van der Waals surface area contributed by atoms with Crippen LogP contribution in [0, 0.1) is 17.3 Å². The molecule has 0 aliphatic carbocycles. The van der Waals surface area contributed by atoms with Gasteiger partial charge >= 0.3 is 6.09 Å². The van der Waals surface area contributed by atoms with Crippen molar-refractivity contribution in [3.63, 3.8) is 0 Å². The predicted octanol–water partition coefficient (Wildman–Crippen LogP) is 7.93. The van der Waals surface area contributed by atoms with Crippen LogP contribution in [0.1, 0.15) is 126 Å². The third kappa shape index (κ3) is 14.8. The molecule has 2 N–H and O–H groups in total. The van der Waals surface area contributed by atoms with Crippen molar-refractivity contribution in [2.45, 2.75) is 145 Å². The normalized spacial score (nSPS) is 13.8. The highest BCUT2D eigenvalue weighted by molar-refractivity contribution is 5.81. The molecule has 0 aliphatic rings. The SMILES string of the molecule is CCCCC(C)(C)C(=O)NCC[C@H](C[C@H](Cc1ccc(CC)c(OCCCOC)c1)C(C)C)N(C(=O)OC(C)(C)C)C(C)(C)O. The maximum atomic E-state index is 13.6. The molecule has 0 saturated heterocycles. The summed E-state index contributed by atoms with van der Waals surface area (Å²) in [5.74, 6) is 1.41. The Morgan fingerprint density at radius 1 is 1.00 bits per heavy atom. The second kappa shape index (κ2) is 18.7. The first-order valence-corrected chi connectivity index (χ1v) is 17.1. The van der Waals surface area contributed by atoms with Crippen molar-refractivity contribution in [3.05, 3.63) is 29.3 Å². The van der Waals surface area contributed by atoms with Gasteiger partial charge in [0.1, 0.15) is 17.1 Å². The lowest BCUT2D eigenvalue weighted by Gasteiger charge is -2.42. The lowest BCUT2D eigenvalue weighted by molar-refractivity contribution is -0.129. The molecule has 260 valence electrons. The highest BCUT2D eigenvalue weighted by Gasteiger charge is 2.39. The third-order valence-electron chi connectivity index (χ3n) is 8.36. The second-order valence-corrected chi connectivity index (χ2v) is 15.0. The van der Waals surface area contributed by atoms with Gasteiger partial charge in [0.25, 0.3) is 0 Å². The van der Waals surface area contributed by atoms with E-state index >= 15 is 0 Å². The Labute approximate surface area is 275 Å². The molecule has 2 atom stereocenters. The number of unbranched alkanes of at least 4 members (excludes halogenated alkanes) is 1. The number of methoxy groups -OCH3 is 1. The zero-order valence-corrected chi connectivity index (χ0v) is 30.7. The van der Waals surface area contributed by atoms with Crippen LogP contribution < -0.4 is 10.1 Å². The lowest BCUT2D eigenvalue weighted by Crippen LogP contribution is -2.56. The number of aliphatic hydroxyl groups is 1. The van der Waals surface area contributed by atoms with Gasteiger partial charge in [0.05, 0.1) is 6.61 Å². The van der Waals surface area contributed by atoms with Crippen LogP contribution in [-0.4, -0.2) is 66.2 Å². The van der Waals surface area contributed by atoms with E-state index in [0.29, 0.717) is 38.5 Å². The van der Waals surface area contributed by atoms with E-state index in [1.807, 2.05) is 34.6 Å². The molecule has 0 aromatic heterocycles. The van der Waals surface area contributed by atoms with Crippen molar-refractivity contribution < 1.29 is 28.9 Å². The van der Waals surface area contributed by atoms with E-state index in [1.54, 1.807) is 21.0 Å². The highest BCUT2D eigenvalue weighted by Crippen LogP contribution is 2.32. The largest absolute Gasteiger partial charge is 0.493 e. The molecule has 0 heterocycles. The van der Waals surface area contributed by atoms with Crippen LogP contribution in [0.4, 0.5) is 4.79 Å². The van der Waals surface area contributed by atoms with Gasteiger partial charge < -0.3 is 24.6 Å².